The van der Waals surface area contributed by atoms with Gasteiger partial charge in [-0.25, -0.2) is 15.0 Å². The molecule has 0 aliphatic carbocycles. The minimum Gasteiger partial charge on any atom is -0.480 e. The highest BCUT2D eigenvalue weighted by atomic mass is 16.4. The van der Waals surface area contributed by atoms with Crippen LogP contribution < -0.4 is 27.2 Å². The second kappa shape index (κ2) is 14.2. The van der Waals surface area contributed by atoms with Crippen molar-refractivity contribution < 1.29 is 19.5 Å². The number of nitrogens with one attached hydrogen (secondary N) is 4. The number of carbonyl (C=O) groups excluding carboxylic acids is 2. The summed E-state index contributed by atoms with van der Waals surface area (Å²) in [4.78, 5) is 35.8. The number of nitrogens with two attached hydrogens (primary N) is 1. The van der Waals surface area contributed by atoms with Crippen molar-refractivity contribution in [2.24, 2.45) is 17.6 Å². The van der Waals surface area contributed by atoms with Gasteiger partial charge in [0.1, 0.15) is 12.1 Å². The van der Waals surface area contributed by atoms with Crippen LogP contribution in [0.3, 0.4) is 0 Å². The Morgan fingerprint density at radius 2 is 1.56 bits per heavy atom. The molecule has 0 rings (SSSR count). The first kappa shape index (κ1) is 25.1. The lowest BCUT2D eigenvalue weighted by Gasteiger charge is -2.22. The van der Waals surface area contributed by atoms with E-state index in [1.165, 1.54) is 0 Å². The number of hydrogen-bond donors (Lipinski definition) is 6. The molecule has 0 aliphatic rings. The zero-order valence-electron chi connectivity index (χ0n) is 17.0. The van der Waals surface area contributed by atoms with Crippen molar-refractivity contribution >= 4 is 17.9 Å². The van der Waals surface area contributed by atoms with Crippen LogP contribution in [-0.4, -0.2) is 48.2 Å². The number of hydrazine groups is 1. The van der Waals surface area contributed by atoms with Gasteiger partial charge in [-0.15, -0.1) is 0 Å². The van der Waals surface area contributed by atoms with E-state index in [0.717, 1.165) is 6.42 Å². The van der Waals surface area contributed by atoms with E-state index in [2.05, 4.69) is 35.3 Å². The molecule has 0 spiro atoms. The first-order valence-electron chi connectivity index (χ1n) is 9.69. The van der Waals surface area contributed by atoms with Crippen LogP contribution in [-0.2, 0) is 9.59 Å². The van der Waals surface area contributed by atoms with Crippen molar-refractivity contribution in [2.75, 3.05) is 13.1 Å². The Bertz CT molecular complexity index is 457. The number of rotatable bonds is 14. The van der Waals surface area contributed by atoms with Crippen LogP contribution in [0.25, 0.3) is 0 Å². The maximum Gasteiger partial charge on any atom is 0.326 e. The minimum absolute atomic E-state index is 0.177. The number of aliphatic carboxylic acids is 1. The molecular weight excluding hydrogens is 350 g/mol. The molecule has 9 nitrogen and oxygen atoms in total. The molecule has 158 valence electrons. The molecule has 0 radical (unpaired) electrons. The minimum atomic E-state index is -1.11. The second-order valence-corrected chi connectivity index (χ2v) is 7.57. The predicted molar refractivity (Wildman–Crippen MR) is 105 cm³/mol. The fourth-order valence-electron chi connectivity index (χ4n) is 2.41. The Morgan fingerprint density at radius 3 is 2.07 bits per heavy atom. The van der Waals surface area contributed by atoms with Gasteiger partial charge in [0, 0.05) is 6.54 Å². The fourth-order valence-corrected chi connectivity index (χ4v) is 2.41. The van der Waals surface area contributed by atoms with Crippen molar-refractivity contribution in [2.45, 2.75) is 71.9 Å². The third-order valence-corrected chi connectivity index (χ3v) is 3.94. The van der Waals surface area contributed by atoms with E-state index >= 15 is 0 Å². The molecule has 7 N–H and O–H groups in total. The van der Waals surface area contributed by atoms with Gasteiger partial charge in [-0.1, -0.05) is 27.7 Å². The normalized spacial score (nSPS) is 13.3. The van der Waals surface area contributed by atoms with Crippen LogP contribution in [0.15, 0.2) is 0 Å². The summed E-state index contributed by atoms with van der Waals surface area (Å²) in [7, 11) is 0. The summed E-state index contributed by atoms with van der Waals surface area (Å²) in [5.74, 6) is -0.770. The van der Waals surface area contributed by atoms with E-state index < -0.39 is 24.1 Å². The summed E-state index contributed by atoms with van der Waals surface area (Å²) in [6.45, 7) is 9.16. The predicted octanol–water partition coefficient (Wildman–Crippen LogP) is 0.949. The van der Waals surface area contributed by atoms with Crippen molar-refractivity contribution in [3.05, 3.63) is 0 Å². The molecule has 0 aromatic rings. The second-order valence-electron chi connectivity index (χ2n) is 7.57. The maximum atomic E-state index is 12.3. The van der Waals surface area contributed by atoms with E-state index in [4.69, 9.17) is 5.73 Å². The summed E-state index contributed by atoms with van der Waals surface area (Å²) in [5, 5.41) is 14.2. The van der Waals surface area contributed by atoms with Crippen molar-refractivity contribution in [3.8, 4) is 0 Å². The third kappa shape index (κ3) is 13.0. The smallest absolute Gasteiger partial charge is 0.326 e. The van der Waals surface area contributed by atoms with E-state index in [-0.39, 0.29) is 18.2 Å². The summed E-state index contributed by atoms with van der Waals surface area (Å²) in [6.07, 6.45) is 2.93. The molecule has 9 heteroatoms. The molecule has 2 atom stereocenters. The van der Waals surface area contributed by atoms with E-state index in [1.54, 1.807) is 0 Å². The zero-order valence-corrected chi connectivity index (χ0v) is 17.0. The monoisotopic (exact) mass is 387 g/mol. The van der Waals surface area contributed by atoms with Crippen LogP contribution in [0.5, 0.6) is 0 Å². The molecule has 3 amide bonds. The highest BCUT2D eigenvalue weighted by Crippen LogP contribution is 2.06. The van der Waals surface area contributed by atoms with Crippen LogP contribution in [0.4, 0.5) is 4.79 Å². The number of urea groups is 1. The molecule has 0 saturated carbocycles. The van der Waals surface area contributed by atoms with Gasteiger partial charge < -0.3 is 21.5 Å². The van der Waals surface area contributed by atoms with Crippen molar-refractivity contribution in [3.63, 3.8) is 0 Å². The Balaban J connectivity index is 4.64. The third-order valence-electron chi connectivity index (χ3n) is 3.94. The summed E-state index contributed by atoms with van der Waals surface area (Å²) in [6, 6.07) is -2.43. The molecule has 2 unspecified atom stereocenters. The number of hydrogen-bond acceptors (Lipinski definition) is 5. The van der Waals surface area contributed by atoms with E-state index in [0.29, 0.717) is 38.3 Å². The Kier molecular flexibility index (Phi) is 13.2. The lowest BCUT2D eigenvalue weighted by molar-refractivity contribution is -0.139. The van der Waals surface area contributed by atoms with Gasteiger partial charge in [0.15, 0.2) is 0 Å². The van der Waals surface area contributed by atoms with Gasteiger partial charge >= 0.3 is 12.0 Å². The van der Waals surface area contributed by atoms with Gasteiger partial charge in [-0.3, -0.25) is 10.2 Å². The summed E-state index contributed by atoms with van der Waals surface area (Å²) < 4.78 is 0. The zero-order chi connectivity index (χ0) is 20.8. The van der Waals surface area contributed by atoms with E-state index in [9.17, 15) is 19.5 Å². The molecule has 0 bridgehead atoms. The van der Waals surface area contributed by atoms with Gasteiger partial charge in [0.2, 0.25) is 0 Å². The number of amides is 3. The molecule has 0 heterocycles. The molecule has 0 saturated heterocycles. The highest BCUT2D eigenvalue weighted by molar-refractivity contribution is 5.88. The van der Waals surface area contributed by atoms with Crippen LogP contribution >= 0.6 is 0 Å². The highest BCUT2D eigenvalue weighted by Gasteiger charge is 2.25. The average molecular weight is 388 g/mol. The van der Waals surface area contributed by atoms with Gasteiger partial charge in [-0.05, 0) is 50.5 Å². The Hall–Kier alpha value is -1.87. The standard InChI is InChI=1S/C18H37N5O4/c1-12(2)8-10-20-23-16(24)15(11-13(3)4)22-18(27)21-14(17(25)26)7-5-6-9-19/h12-15,20H,5-11,19H2,1-4H3,(H,23,24)(H,25,26)(H2,21,22,27). The Labute approximate surface area is 162 Å². The van der Waals surface area contributed by atoms with Gasteiger partial charge in [-0.2, -0.15) is 0 Å². The van der Waals surface area contributed by atoms with Gasteiger partial charge in [0.05, 0.1) is 0 Å². The largest absolute Gasteiger partial charge is 0.480 e. The molecular formula is C18H37N5O4. The van der Waals surface area contributed by atoms with Crippen LogP contribution in [0.2, 0.25) is 0 Å². The fraction of sp³-hybridized carbons (Fsp3) is 0.833. The van der Waals surface area contributed by atoms with Crippen LogP contribution in [0.1, 0.15) is 59.8 Å². The maximum absolute atomic E-state index is 12.3. The van der Waals surface area contributed by atoms with E-state index in [1.807, 2.05) is 13.8 Å². The summed E-state index contributed by atoms with van der Waals surface area (Å²) in [5.41, 5.74) is 10.9. The first-order chi connectivity index (χ1) is 12.7. The molecule has 0 aliphatic heterocycles. The lowest BCUT2D eigenvalue weighted by Crippen LogP contribution is -2.55. The first-order valence-corrected chi connectivity index (χ1v) is 9.69. The average Bonchev–Trinajstić information content (AvgIpc) is 2.56. The molecule has 27 heavy (non-hydrogen) atoms. The molecule has 0 aromatic heterocycles. The lowest BCUT2D eigenvalue weighted by atomic mass is 10.0. The van der Waals surface area contributed by atoms with Crippen molar-refractivity contribution in [1.29, 1.82) is 0 Å². The number of carbonyl (C=O) groups is 3. The Morgan fingerprint density at radius 1 is 0.926 bits per heavy atom. The van der Waals surface area contributed by atoms with Crippen molar-refractivity contribution in [1.82, 2.24) is 21.5 Å². The number of carboxylic acid groups (broad SMARTS) is 1. The topological polar surface area (TPSA) is 146 Å². The number of unbranched alkanes of at least 4 members (excludes halogenated alkanes) is 1. The molecule has 0 fully saturated rings. The SMILES string of the molecule is CC(C)CCNNC(=O)C(CC(C)C)NC(=O)NC(CCCCN)C(=O)O. The quantitative estimate of drug-likeness (QED) is 0.193. The molecule has 0 aromatic carbocycles. The summed E-state index contributed by atoms with van der Waals surface area (Å²) >= 11 is 0. The van der Waals surface area contributed by atoms with Crippen LogP contribution in [0, 0.1) is 11.8 Å². The van der Waals surface area contributed by atoms with Gasteiger partial charge in [0.25, 0.3) is 5.91 Å². The number of carboxylic acids is 1.